The summed E-state index contributed by atoms with van der Waals surface area (Å²) in [6, 6.07) is 5.80. The molecule has 0 saturated carbocycles. The summed E-state index contributed by atoms with van der Waals surface area (Å²) in [6.45, 7) is 3.67. The van der Waals surface area contributed by atoms with Crippen LogP contribution in [-0.4, -0.2) is 44.5 Å². The third-order valence-electron chi connectivity index (χ3n) is 4.75. The average Bonchev–Trinajstić information content (AvgIpc) is 3.30. The van der Waals surface area contributed by atoms with Gasteiger partial charge in [-0.05, 0) is 37.1 Å². The van der Waals surface area contributed by atoms with Crippen molar-refractivity contribution in [1.82, 2.24) is 14.5 Å². The van der Waals surface area contributed by atoms with E-state index in [-0.39, 0.29) is 23.0 Å². The van der Waals surface area contributed by atoms with E-state index >= 15 is 0 Å². The maximum atomic E-state index is 13.3. The minimum Gasteiger partial charge on any atom is -0.342 e. The van der Waals surface area contributed by atoms with Crippen molar-refractivity contribution in [3.63, 3.8) is 0 Å². The van der Waals surface area contributed by atoms with Crippen molar-refractivity contribution in [2.45, 2.75) is 41.5 Å². The van der Waals surface area contributed by atoms with Crippen molar-refractivity contribution in [2.24, 2.45) is 0 Å². The van der Waals surface area contributed by atoms with Crippen molar-refractivity contribution >= 4 is 29.4 Å². The molecule has 0 unspecified atom stereocenters. The number of amides is 1. The summed E-state index contributed by atoms with van der Waals surface area (Å²) in [4.78, 5) is 32.7. The normalized spacial score (nSPS) is 18.7. The van der Waals surface area contributed by atoms with E-state index in [1.54, 1.807) is 12.1 Å². The Hall–Kier alpha value is -1.80. The Labute approximate surface area is 165 Å². The Bertz CT molecular complexity index is 924. The number of hydrogen-bond acceptors (Lipinski definition) is 5. The summed E-state index contributed by atoms with van der Waals surface area (Å²) in [5, 5.41) is 0.793. The molecule has 5 nitrogen and oxygen atoms in total. The van der Waals surface area contributed by atoms with Crippen LogP contribution >= 0.6 is 23.5 Å². The van der Waals surface area contributed by atoms with Crippen LogP contribution in [0.1, 0.15) is 25.5 Å². The van der Waals surface area contributed by atoms with Gasteiger partial charge < -0.3 is 4.90 Å². The molecule has 0 aliphatic carbocycles. The lowest BCUT2D eigenvalue weighted by atomic mass is 10.2. The van der Waals surface area contributed by atoms with Crippen LogP contribution in [0.4, 0.5) is 4.39 Å². The fraction of sp³-hybridized carbons (Fsp3) is 0.421. The van der Waals surface area contributed by atoms with Gasteiger partial charge in [-0.3, -0.25) is 14.2 Å². The van der Waals surface area contributed by atoms with E-state index in [1.165, 1.54) is 40.2 Å². The number of benzene rings is 1. The SMILES string of the molecule is C[C@@H]1Cc2nc(SCC(=O)N3CCCC3)n(-c3ccc(F)cc3)c(=O)c2S1. The Balaban J connectivity index is 1.69. The molecule has 1 aromatic heterocycles. The Morgan fingerprint density at radius 1 is 1.30 bits per heavy atom. The Morgan fingerprint density at radius 2 is 2.00 bits per heavy atom. The van der Waals surface area contributed by atoms with Crippen molar-refractivity contribution in [3.8, 4) is 5.69 Å². The molecule has 2 aliphatic rings. The van der Waals surface area contributed by atoms with Gasteiger partial charge in [0.2, 0.25) is 5.91 Å². The van der Waals surface area contributed by atoms with Gasteiger partial charge in [0.25, 0.3) is 5.56 Å². The van der Waals surface area contributed by atoms with E-state index in [0.717, 1.165) is 38.0 Å². The number of rotatable bonds is 4. The summed E-state index contributed by atoms with van der Waals surface area (Å²) >= 11 is 2.81. The van der Waals surface area contributed by atoms with Crippen LogP contribution in [0.5, 0.6) is 0 Å². The van der Waals surface area contributed by atoms with E-state index in [1.807, 2.05) is 4.90 Å². The van der Waals surface area contributed by atoms with Gasteiger partial charge in [0.1, 0.15) is 5.82 Å². The fourth-order valence-corrected chi connectivity index (χ4v) is 5.43. The van der Waals surface area contributed by atoms with E-state index in [0.29, 0.717) is 21.0 Å². The molecule has 1 fully saturated rings. The molecule has 27 heavy (non-hydrogen) atoms. The molecule has 0 spiro atoms. The third-order valence-corrected chi connectivity index (χ3v) is 6.89. The summed E-state index contributed by atoms with van der Waals surface area (Å²) in [6.07, 6.45) is 2.83. The molecule has 0 N–H and O–H groups in total. The van der Waals surface area contributed by atoms with Gasteiger partial charge in [0, 0.05) is 24.8 Å². The number of thioether (sulfide) groups is 2. The van der Waals surface area contributed by atoms with E-state index in [4.69, 9.17) is 4.98 Å². The molecule has 0 radical (unpaired) electrons. The van der Waals surface area contributed by atoms with Gasteiger partial charge in [0.05, 0.1) is 22.0 Å². The van der Waals surface area contributed by atoms with Gasteiger partial charge >= 0.3 is 0 Å². The maximum Gasteiger partial charge on any atom is 0.272 e. The summed E-state index contributed by atoms with van der Waals surface area (Å²) < 4.78 is 14.8. The van der Waals surface area contributed by atoms with E-state index < -0.39 is 0 Å². The Kier molecular flexibility index (Phi) is 5.27. The monoisotopic (exact) mass is 405 g/mol. The van der Waals surface area contributed by atoms with Crippen LogP contribution in [0.25, 0.3) is 5.69 Å². The van der Waals surface area contributed by atoms with Gasteiger partial charge in [-0.1, -0.05) is 18.7 Å². The highest BCUT2D eigenvalue weighted by molar-refractivity contribution is 8.00. The quantitative estimate of drug-likeness (QED) is 0.578. The van der Waals surface area contributed by atoms with E-state index in [2.05, 4.69) is 6.92 Å². The minimum absolute atomic E-state index is 0.0700. The highest BCUT2D eigenvalue weighted by Gasteiger charge is 2.27. The summed E-state index contributed by atoms with van der Waals surface area (Å²) in [5.74, 6) is -0.0438. The van der Waals surface area contributed by atoms with Crippen LogP contribution < -0.4 is 5.56 Å². The second-order valence-corrected chi connectivity index (χ2v) is 9.19. The molecule has 2 aromatic rings. The second kappa shape index (κ2) is 7.67. The van der Waals surface area contributed by atoms with Crippen molar-refractivity contribution in [1.29, 1.82) is 0 Å². The van der Waals surface area contributed by atoms with Crippen molar-refractivity contribution in [3.05, 3.63) is 46.1 Å². The first kappa shape index (κ1) is 18.6. The molecule has 1 saturated heterocycles. The first-order valence-corrected chi connectivity index (χ1v) is 10.9. The molecular weight excluding hydrogens is 385 g/mol. The van der Waals surface area contributed by atoms with Gasteiger partial charge in [-0.25, -0.2) is 9.37 Å². The number of nitrogens with zero attached hydrogens (tertiary/aromatic N) is 3. The lowest BCUT2D eigenvalue weighted by Crippen LogP contribution is -2.30. The van der Waals surface area contributed by atoms with Crippen LogP contribution in [0, 0.1) is 5.82 Å². The first-order chi connectivity index (χ1) is 13.0. The molecule has 1 atom stereocenters. The predicted molar refractivity (Wildman–Crippen MR) is 105 cm³/mol. The minimum atomic E-state index is -0.359. The molecule has 2 aliphatic heterocycles. The van der Waals surface area contributed by atoms with Crippen molar-refractivity contribution in [2.75, 3.05) is 18.8 Å². The first-order valence-electron chi connectivity index (χ1n) is 9.02. The highest BCUT2D eigenvalue weighted by atomic mass is 32.2. The van der Waals surface area contributed by atoms with Crippen molar-refractivity contribution < 1.29 is 9.18 Å². The number of carbonyl (C=O) groups excluding carboxylic acids is 1. The topological polar surface area (TPSA) is 55.2 Å². The Morgan fingerprint density at radius 3 is 2.70 bits per heavy atom. The van der Waals surface area contributed by atoms with Crippen LogP contribution in [0.15, 0.2) is 39.1 Å². The second-order valence-electron chi connectivity index (χ2n) is 6.80. The largest absolute Gasteiger partial charge is 0.342 e. The molecule has 4 rings (SSSR count). The molecule has 3 heterocycles. The van der Waals surface area contributed by atoms with Crippen LogP contribution in [-0.2, 0) is 11.2 Å². The number of likely N-dealkylation sites (tertiary alicyclic amines) is 1. The molecule has 1 amide bonds. The van der Waals surface area contributed by atoms with Gasteiger partial charge in [0.15, 0.2) is 5.16 Å². The number of halogens is 1. The lowest BCUT2D eigenvalue weighted by Gasteiger charge is -2.16. The van der Waals surface area contributed by atoms with E-state index in [9.17, 15) is 14.0 Å². The number of carbonyl (C=O) groups is 1. The summed E-state index contributed by atoms with van der Waals surface area (Å²) in [7, 11) is 0. The van der Waals surface area contributed by atoms with Gasteiger partial charge in [-0.2, -0.15) is 0 Å². The van der Waals surface area contributed by atoms with Crippen LogP contribution in [0.2, 0.25) is 0 Å². The zero-order chi connectivity index (χ0) is 19.0. The zero-order valence-electron chi connectivity index (χ0n) is 15.0. The zero-order valence-corrected chi connectivity index (χ0v) is 16.6. The molecule has 8 heteroatoms. The average molecular weight is 406 g/mol. The summed E-state index contributed by atoms with van der Waals surface area (Å²) in [5.41, 5.74) is 1.22. The lowest BCUT2D eigenvalue weighted by molar-refractivity contribution is -0.127. The number of aromatic nitrogens is 2. The maximum absolute atomic E-state index is 13.3. The standard InChI is InChI=1S/C19H20FN3O2S2/c1-12-10-15-17(27-12)18(25)23(14-6-4-13(20)5-7-14)19(21-15)26-11-16(24)22-8-2-3-9-22/h4-7,12H,2-3,8-11H2,1H3/t12-/m1/s1. The van der Waals surface area contributed by atoms with Gasteiger partial charge in [-0.15, -0.1) is 11.8 Å². The fourth-order valence-electron chi connectivity index (χ4n) is 3.40. The predicted octanol–water partition coefficient (Wildman–Crippen LogP) is 3.12. The molecule has 142 valence electrons. The van der Waals surface area contributed by atoms with Crippen LogP contribution in [0.3, 0.4) is 0 Å². The molecule has 1 aromatic carbocycles. The third kappa shape index (κ3) is 3.78. The molecular formula is C19H20FN3O2S2. The number of fused-ring (bicyclic) bond motifs is 1. The molecule has 0 bridgehead atoms. The number of hydrogen-bond donors (Lipinski definition) is 0. The smallest absolute Gasteiger partial charge is 0.272 e. The highest BCUT2D eigenvalue weighted by Crippen LogP contribution is 2.35.